The Morgan fingerprint density at radius 3 is 2.50 bits per heavy atom. The van der Waals surface area contributed by atoms with Gasteiger partial charge in [0.05, 0.1) is 0 Å². The lowest BCUT2D eigenvalue weighted by Gasteiger charge is -2.04. The van der Waals surface area contributed by atoms with Gasteiger partial charge in [-0.2, -0.15) is 0 Å². The Hall–Kier alpha value is -1.87. The Morgan fingerprint density at radius 1 is 1.17 bits per heavy atom. The van der Waals surface area contributed by atoms with Crippen LogP contribution in [0.15, 0.2) is 42.5 Å². The summed E-state index contributed by atoms with van der Waals surface area (Å²) in [7, 11) is 0. The fourth-order valence-corrected chi connectivity index (χ4v) is 1.81. The molecule has 4 heteroatoms. The average molecular weight is 264 g/mol. The summed E-state index contributed by atoms with van der Waals surface area (Å²) in [6, 6.07) is 10.6. The van der Waals surface area contributed by atoms with Gasteiger partial charge in [0, 0.05) is 22.7 Å². The highest BCUT2D eigenvalue weighted by atomic mass is 35.5. The number of hydrogen-bond donors (Lipinski definition) is 1. The molecule has 0 bridgehead atoms. The molecule has 0 saturated carbocycles. The van der Waals surface area contributed by atoms with E-state index in [1.54, 1.807) is 24.3 Å². The molecule has 92 valence electrons. The maximum Gasteiger partial charge on any atom is 0.167 e. The van der Waals surface area contributed by atoms with Crippen molar-refractivity contribution in [3.8, 4) is 0 Å². The van der Waals surface area contributed by atoms with Gasteiger partial charge in [-0.25, -0.2) is 4.39 Å². The summed E-state index contributed by atoms with van der Waals surface area (Å²) in [4.78, 5) is 12.0. The van der Waals surface area contributed by atoms with Gasteiger partial charge in [0.1, 0.15) is 5.82 Å². The number of Topliss-reactive ketones (excluding diaryl/α,β-unsaturated/α-hetero) is 1. The van der Waals surface area contributed by atoms with E-state index >= 15 is 0 Å². The summed E-state index contributed by atoms with van der Waals surface area (Å²) in [5.41, 5.74) is 7.15. The standard InChI is InChI=1S/C14H11ClFNO/c15-13-6-3-11(16)7-10(13)8-14(18)9-1-4-12(17)5-2-9/h1-7H,8,17H2. The van der Waals surface area contributed by atoms with Gasteiger partial charge < -0.3 is 5.73 Å². The minimum atomic E-state index is -0.403. The Kier molecular flexibility index (Phi) is 3.63. The van der Waals surface area contributed by atoms with E-state index in [2.05, 4.69) is 0 Å². The van der Waals surface area contributed by atoms with Gasteiger partial charge in [0.15, 0.2) is 5.78 Å². The van der Waals surface area contributed by atoms with E-state index in [1.165, 1.54) is 18.2 Å². The Labute approximate surface area is 109 Å². The van der Waals surface area contributed by atoms with Crippen molar-refractivity contribution < 1.29 is 9.18 Å². The van der Waals surface area contributed by atoms with E-state index in [0.717, 1.165) is 0 Å². The molecule has 2 rings (SSSR count). The average Bonchev–Trinajstić information content (AvgIpc) is 2.34. The first-order chi connectivity index (χ1) is 8.56. The Morgan fingerprint density at radius 2 is 1.83 bits per heavy atom. The first-order valence-corrected chi connectivity index (χ1v) is 5.77. The molecular formula is C14H11ClFNO. The second kappa shape index (κ2) is 5.19. The molecule has 2 aromatic carbocycles. The summed E-state index contributed by atoms with van der Waals surface area (Å²) in [6.45, 7) is 0. The fraction of sp³-hybridized carbons (Fsp3) is 0.0714. The normalized spacial score (nSPS) is 10.3. The van der Waals surface area contributed by atoms with Gasteiger partial charge >= 0.3 is 0 Å². The summed E-state index contributed by atoms with van der Waals surface area (Å²) in [5, 5.41) is 0.389. The number of carbonyl (C=O) groups excluding carboxylic acids is 1. The van der Waals surface area contributed by atoms with Gasteiger partial charge in [-0.15, -0.1) is 0 Å². The van der Waals surface area contributed by atoms with Gasteiger partial charge in [-0.1, -0.05) is 11.6 Å². The van der Waals surface area contributed by atoms with E-state index in [1.807, 2.05) is 0 Å². The van der Waals surface area contributed by atoms with Crippen molar-refractivity contribution in [3.63, 3.8) is 0 Å². The topological polar surface area (TPSA) is 43.1 Å². The number of anilines is 1. The van der Waals surface area contributed by atoms with Crippen molar-refractivity contribution in [2.24, 2.45) is 0 Å². The largest absolute Gasteiger partial charge is 0.399 e. The van der Waals surface area contributed by atoms with Crippen LogP contribution >= 0.6 is 11.6 Å². The van der Waals surface area contributed by atoms with Crippen LogP contribution in [0.2, 0.25) is 5.02 Å². The van der Waals surface area contributed by atoms with Crippen LogP contribution in [0.25, 0.3) is 0 Å². The molecule has 0 aliphatic carbocycles. The third kappa shape index (κ3) is 2.87. The first kappa shape index (κ1) is 12.6. The van der Waals surface area contributed by atoms with Gasteiger partial charge in [0.2, 0.25) is 0 Å². The molecule has 0 radical (unpaired) electrons. The van der Waals surface area contributed by atoms with Crippen molar-refractivity contribution in [1.29, 1.82) is 0 Å². The number of carbonyl (C=O) groups is 1. The number of ketones is 1. The number of rotatable bonds is 3. The van der Waals surface area contributed by atoms with Crippen molar-refractivity contribution in [1.82, 2.24) is 0 Å². The van der Waals surface area contributed by atoms with Crippen LogP contribution in [0.5, 0.6) is 0 Å². The van der Waals surface area contributed by atoms with Crippen molar-refractivity contribution in [2.45, 2.75) is 6.42 Å². The van der Waals surface area contributed by atoms with Crippen molar-refractivity contribution >= 4 is 23.1 Å². The third-order valence-electron chi connectivity index (χ3n) is 2.59. The van der Waals surface area contributed by atoms with Crippen LogP contribution in [-0.4, -0.2) is 5.78 Å². The molecule has 0 aliphatic rings. The van der Waals surface area contributed by atoms with Gasteiger partial charge in [0.25, 0.3) is 0 Å². The number of halogens is 2. The van der Waals surface area contributed by atoms with Gasteiger partial charge in [-0.05, 0) is 48.0 Å². The minimum Gasteiger partial charge on any atom is -0.399 e. The molecule has 0 heterocycles. The maximum atomic E-state index is 13.1. The van der Waals surface area contributed by atoms with E-state index in [4.69, 9.17) is 17.3 Å². The molecule has 0 aromatic heterocycles. The zero-order valence-corrected chi connectivity index (χ0v) is 10.2. The smallest absolute Gasteiger partial charge is 0.167 e. The molecule has 0 atom stereocenters. The molecule has 0 amide bonds. The molecule has 0 fully saturated rings. The molecule has 2 nitrogen and oxygen atoms in total. The van der Waals surface area contributed by atoms with Crippen LogP contribution in [-0.2, 0) is 6.42 Å². The van der Waals surface area contributed by atoms with Crippen LogP contribution < -0.4 is 5.73 Å². The first-order valence-electron chi connectivity index (χ1n) is 5.39. The number of hydrogen-bond acceptors (Lipinski definition) is 2. The summed E-state index contributed by atoms with van der Waals surface area (Å²) >= 11 is 5.91. The SMILES string of the molecule is Nc1ccc(C(=O)Cc2cc(F)ccc2Cl)cc1. The lowest BCUT2D eigenvalue weighted by molar-refractivity contribution is 0.0993. The predicted molar refractivity (Wildman–Crippen MR) is 70.3 cm³/mol. The molecule has 0 unspecified atom stereocenters. The molecule has 0 saturated heterocycles. The lowest BCUT2D eigenvalue weighted by Crippen LogP contribution is -2.04. The van der Waals surface area contributed by atoms with Crippen LogP contribution in [0.1, 0.15) is 15.9 Å². The highest BCUT2D eigenvalue weighted by Crippen LogP contribution is 2.19. The molecule has 2 aromatic rings. The summed E-state index contributed by atoms with van der Waals surface area (Å²) < 4.78 is 13.1. The molecule has 2 N–H and O–H groups in total. The zero-order valence-electron chi connectivity index (χ0n) is 9.49. The van der Waals surface area contributed by atoms with Crippen LogP contribution in [0.3, 0.4) is 0 Å². The quantitative estimate of drug-likeness (QED) is 0.680. The van der Waals surface area contributed by atoms with Gasteiger partial charge in [-0.3, -0.25) is 4.79 Å². The molecular weight excluding hydrogens is 253 g/mol. The number of benzene rings is 2. The van der Waals surface area contributed by atoms with Crippen molar-refractivity contribution in [2.75, 3.05) is 5.73 Å². The predicted octanol–water partition coefficient (Wildman–Crippen LogP) is 3.49. The summed E-state index contributed by atoms with van der Waals surface area (Å²) in [6.07, 6.45) is 0.0700. The maximum absolute atomic E-state index is 13.1. The molecule has 18 heavy (non-hydrogen) atoms. The van der Waals surface area contributed by atoms with E-state index in [0.29, 0.717) is 21.8 Å². The Balaban J connectivity index is 2.21. The zero-order chi connectivity index (χ0) is 13.1. The summed E-state index contributed by atoms with van der Waals surface area (Å²) in [5.74, 6) is -0.526. The van der Waals surface area contributed by atoms with E-state index in [9.17, 15) is 9.18 Å². The lowest BCUT2D eigenvalue weighted by atomic mass is 10.0. The fourth-order valence-electron chi connectivity index (χ4n) is 1.62. The monoisotopic (exact) mass is 263 g/mol. The highest BCUT2D eigenvalue weighted by molar-refractivity contribution is 6.31. The number of nitrogens with two attached hydrogens (primary N) is 1. The highest BCUT2D eigenvalue weighted by Gasteiger charge is 2.10. The van der Waals surface area contributed by atoms with Crippen LogP contribution in [0.4, 0.5) is 10.1 Å². The second-order valence-corrected chi connectivity index (χ2v) is 4.36. The van der Waals surface area contributed by atoms with E-state index < -0.39 is 5.82 Å². The second-order valence-electron chi connectivity index (χ2n) is 3.96. The number of nitrogen functional groups attached to an aromatic ring is 1. The minimum absolute atomic E-state index is 0.0700. The molecule has 0 aliphatic heterocycles. The van der Waals surface area contributed by atoms with Crippen LogP contribution in [0, 0.1) is 5.82 Å². The third-order valence-corrected chi connectivity index (χ3v) is 2.96. The molecule has 0 spiro atoms. The van der Waals surface area contributed by atoms with Crippen molar-refractivity contribution in [3.05, 3.63) is 64.4 Å². The Bertz CT molecular complexity index is 581. The van der Waals surface area contributed by atoms with E-state index in [-0.39, 0.29) is 12.2 Å².